The van der Waals surface area contributed by atoms with E-state index in [0.717, 1.165) is 45.5 Å². The molecule has 0 unspecified atom stereocenters. The summed E-state index contributed by atoms with van der Waals surface area (Å²) in [7, 11) is 0. The maximum Gasteiger partial charge on any atom is 0.294 e. The first kappa shape index (κ1) is 16.8. The van der Waals surface area contributed by atoms with E-state index in [1.807, 2.05) is 6.92 Å². The van der Waals surface area contributed by atoms with E-state index >= 15 is 0 Å². The molecular formula is C14H19N3O3S2. The quantitative estimate of drug-likeness (QED) is 0.542. The van der Waals surface area contributed by atoms with Crippen LogP contribution in [0.3, 0.4) is 0 Å². The maximum atomic E-state index is 10.2. The summed E-state index contributed by atoms with van der Waals surface area (Å²) in [5.74, 6) is 0. The molecule has 0 aromatic carbocycles. The second-order valence-electron chi connectivity index (χ2n) is 4.97. The van der Waals surface area contributed by atoms with Gasteiger partial charge in [0.1, 0.15) is 6.61 Å². The third kappa shape index (κ3) is 4.48. The Bertz CT molecular complexity index is 652. The van der Waals surface area contributed by atoms with E-state index in [1.165, 1.54) is 4.88 Å². The van der Waals surface area contributed by atoms with Gasteiger partial charge in [0.2, 0.25) is 0 Å². The van der Waals surface area contributed by atoms with E-state index in [1.54, 1.807) is 22.7 Å². The number of hydrogen-bond donors (Lipinski definition) is 0. The zero-order valence-corrected chi connectivity index (χ0v) is 14.6. The number of aryl methyl sites for hydroxylation is 3. The summed E-state index contributed by atoms with van der Waals surface area (Å²) in [5.41, 5.74) is 2.05. The second kappa shape index (κ2) is 7.64. The fraction of sp³-hybridized carbons (Fsp3) is 0.571. The summed E-state index contributed by atoms with van der Waals surface area (Å²) >= 11 is 3.34. The summed E-state index contributed by atoms with van der Waals surface area (Å²) in [6.07, 6.45) is 3.45. The first-order valence-corrected chi connectivity index (χ1v) is 8.80. The van der Waals surface area contributed by atoms with Crippen LogP contribution in [0.5, 0.6) is 0 Å². The molecule has 0 N–H and O–H groups in total. The van der Waals surface area contributed by atoms with Crippen molar-refractivity contribution in [2.75, 3.05) is 6.61 Å². The fourth-order valence-corrected chi connectivity index (χ4v) is 4.48. The first-order valence-electron chi connectivity index (χ1n) is 7.17. The van der Waals surface area contributed by atoms with Crippen LogP contribution >= 0.6 is 22.7 Å². The van der Waals surface area contributed by atoms with Crippen molar-refractivity contribution in [1.29, 1.82) is 0 Å². The lowest BCUT2D eigenvalue weighted by molar-refractivity contribution is -0.757. The van der Waals surface area contributed by atoms with Crippen LogP contribution in [0.1, 0.15) is 44.5 Å². The minimum Gasteiger partial charge on any atom is -0.314 e. The molecule has 22 heavy (non-hydrogen) atoms. The summed E-state index contributed by atoms with van der Waals surface area (Å²) in [5, 5.41) is 11.5. The van der Waals surface area contributed by atoms with Crippen molar-refractivity contribution in [1.82, 2.24) is 9.97 Å². The van der Waals surface area contributed by atoms with E-state index in [-0.39, 0.29) is 6.61 Å². The summed E-state index contributed by atoms with van der Waals surface area (Å²) in [6.45, 7) is 6.23. The number of thiazole rings is 2. The van der Waals surface area contributed by atoms with Crippen LogP contribution in [0.2, 0.25) is 0 Å². The average Bonchev–Trinajstić information content (AvgIpc) is 2.94. The monoisotopic (exact) mass is 341 g/mol. The topological polar surface area (TPSA) is 78.2 Å². The van der Waals surface area contributed by atoms with Crippen molar-refractivity contribution in [2.45, 2.75) is 46.5 Å². The van der Waals surface area contributed by atoms with Gasteiger partial charge in [-0.15, -0.1) is 32.8 Å². The molecule has 120 valence electrons. The maximum absolute atomic E-state index is 10.2. The first-order chi connectivity index (χ1) is 10.5. The Kier molecular flexibility index (Phi) is 5.84. The van der Waals surface area contributed by atoms with Gasteiger partial charge < -0.3 is 4.84 Å². The third-order valence-electron chi connectivity index (χ3n) is 3.18. The Hall–Kier alpha value is -1.54. The van der Waals surface area contributed by atoms with Crippen molar-refractivity contribution < 1.29 is 9.92 Å². The Balaban J connectivity index is 2.01. The Morgan fingerprint density at radius 3 is 2.14 bits per heavy atom. The van der Waals surface area contributed by atoms with Crippen LogP contribution in [0, 0.1) is 24.0 Å². The molecule has 0 aliphatic carbocycles. The van der Waals surface area contributed by atoms with Crippen LogP contribution in [0.4, 0.5) is 0 Å². The molecule has 2 rings (SSSR count). The van der Waals surface area contributed by atoms with Gasteiger partial charge in [-0.25, -0.2) is 9.97 Å². The molecule has 2 aromatic rings. The smallest absolute Gasteiger partial charge is 0.294 e. The van der Waals surface area contributed by atoms with E-state index < -0.39 is 5.09 Å². The van der Waals surface area contributed by atoms with Gasteiger partial charge in [-0.1, -0.05) is 13.3 Å². The molecule has 2 heterocycles. The highest BCUT2D eigenvalue weighted by Crippen LogP contribution is 2.25. The van der Waals surface area contributed by atoms with Gasteiger partial charge in [-0.2, -0.15) is 0 Å². The van der Waals surface area contributed by atoms with E-state index in [0.29, 0.717) is 6.42 Å². The number of aromatic nitrogens is 2. The highest BCUT2D eigenvalue weighted by Gasteiger charge is 2.12. The van der Waals surface area contributed by atoms with Crippen LogP contribution in [0.15, 0.2) is 0 Å². The van der Waals surface area contributed by atoms with Gasteiger partial charge in [0.25, 0.3) is 5.09 Å². The lowest BCUT2D eigenvalue weighted by Crippen LogP contribution is -2.04. The van der Waals surface area contributed by atoms with Crippen LogP contribution in [-0.2, 0) is 24.1 Å². The normalized spacial score (nSPS) is 10.9. The van der Waals surface area contributed by atoms with Gasteiger partial charge in [-0.3, -0.25) is 0 Å². The Labute approximate surface area is 137 Å². The van der Waals surface area contributed by atoms with Gasteiger partial charge in [0.05, 0.1) is 27.8 Å². The van der Waals surface area contributed by atoms with Crippen molar-refractivity contribution in [3.63, 3.8) is 0 Å². The molecule has 0 saturated heterocycles. The summed E-state index contributed by atoms with van der Waals surface area (Å²) < 4.78 is 0. The molecule has 0 spiro atoms. The van der Waals surface area contributed by atoms with Gasteiger partial charge in [0.15, 0.2) is 0 Å². The predicted molar refractivity (Wildman–Crippen MR) is 87.2 cm³/mol. The molecule has 0 aliphatic rings. The lowest BCUT2D eigenvalue weighted by Gasteiger charge is -1.96. The van der Waals surface area contributed by atoms with Crippen molar-refractivity contribution in [2.24, 2.45) is 0 Å². The third-order valence-corrected chi connectivity index (χ3v) is 5.61. The second-order valence-corrected chi connectivity index (χ2v) is 7.30. The molecule has 2 aromatic heterocycles. The molecule has 0 aliphatic heterocycles. The molecule has 0 saturated carbocycles. The van der Waals surface area contributed by atoms with E-state index in [2.05, 4.69) is 28.7 Å². The number of rotatable bonds is 8. The van der Waals surface area contributed by atoms with Crippen molar-refractivity contribution in [3.8, 4) is 0 Å². The molecular weight excluding hydrogens is 322 g/mol. The highest BCUT2D eigenvalue weighted by molar-refractivity contribution is 7.13. The molecule has 0 fully saturated rings. The largest absolute Gasteiger partial charge is 0.314 e. The highest BCUT2D eigenvalue weighted by atomic mass is 32.1. The van der Waals surface area contributed by atoms with Gasteiger partial charge in [-0.05, 0) is 20.3 Å². The van der Waals surface area contributed by atoms with E-state index in [4.69, 9.17) is 0 Å². The Morgan fingerprint density at radius 2 is 1.64 bits per heavy atom. The SMILES string of the molecule is CCCc1sc(Cc2nc(C)c(CCO[N+](=O)[O-])s2)nc1C. The van der Waals surface area contributed by atoms with E-state index in [9.17, 15) is 10.1 Å². The van der Waals surface area contributed by atoms with Crippen molar-refractivity contribution >= 4 is 22.7 Å². The van der Waals surface area contributed by atoms with Gasteiger partial charge in [0, 0.05) is 16.2 Å². The zero-order valence-electron chi connectivity index (χ0n) is 12.9. The Morgan fingerprint density at radius 1 is 1.09 bits per heavy atom. The minimum atomic E-state index is -0.759. The zero-order chi connectivity index (χ0) is 16.1. The molecule has 6 nitrogen and oxygen atoms in total. The van der Waals surface area contributed by atoms with Crippen LogP contribution < -0.4 is 0 Å². The molecule has 0 radical (unpaired) electrons. The predicted octanol–water partition coefficient (Wildman–Crippen LogP) is 3.51. The average molecular weight is 341 g/mol. The summed E-state index contributed by atoms with van der Waals surface area (Å²) in [6, 6.07) is 0. The van der Waals surface area contributed by atoms with Crippen molar-refractivity contribution in [3.05, 3.63) is 41.3 Å². The standard InChI is InChI=1S/C14H19N3O3S2/c1-4-5-11-9(2)15-13(21-11)8-14-16-10(3)12(22-14)6-7-20-17(18)19/h4-8H2,1-3H3. The molecule has 8 heteroatoms. The van der Waals surface area contributed by atoms with Crippen LogP contribution in [0.25, 0.3) is 0 Å². The number of hydrogen-bond acceptors (Lipinski definition) is 7. The van der Waals surface area contributed by atoms with Gasteiger partial charge >= 0.3 is 0 Å². The lowest BCUT2D eigenvalue weighted by atomic mass is 10.2. The van der Waals surface area contributed by atoms with Crippen LogP contribution in [-0.4, -0.2) is 21.7 Å². The minimum absolute atomic E-state index is 0.0759. The summed E-state index contributed by atoms with van der Waals surface area (Å²) in [4.78, 5) is 26.1. The molecule has 0 bridgehead atoms. The fourth-order valence-electron chi connectivity index (χ4n) is 2.16. The molecule has 0 amide bonds. The molecule has 0 atom stereocenters. The number of nitrogens with zero attached hydrogens (tertiary/aromatic N) is 3.